The number of carbonyl (C=O) groups is 1. The quantitative estimate of drug-likeness (QED) is 0.321. The standard InChI is InChI=1S/C30H28N4O4S/c1-3-38-29(35)20-34-15-5-7-23-6-4-8-28(30(23)34)39(36,37)32-25-13-14-27-24(17-25)18-26(33(27)2)16-21-9-11-22(19-31)12-10-21/h4-14,17-18,32H,3,15-16,20H2,1-2H3. The summed E-state index contributed by atoms with van der Waals surface area (Å²) in [6.45, 7) is 2.35. The molecule has 1 aromatic heterocycles. The minimum atomic E-state index is -3.97. The van der Waals surface area contributed by atoms with Crippen molar-refractivity contribution < 1.29 is 17.9 Å². The number of fused-ring (bicyclic) bond motifs is 2. The topological polar surface area (TPSA) is 104 Å². The number of para-hydroxylation sites is 1. The van der Waals surface area contributed by atoms with Crippen LogP contribution < -0.4 is 9.62 Å². The number of hydrogen-bond acceptors (Lipinski definition) is 6. The maximum absolute atomic E-state index is 13.6. The largest absolute Gasteiger partial charge is 0.465 e. The van der Waals surface area contributed by atoms with Crippen LogP contribution in [-0.2, 0) is 33.0 Å². The maximum atomic E-state index is 13.6. The van der Waals surface area contributed by atoms with Gasteiger partial charge < -0.3 is 14.2 Å². The molecule has 0 amide bonds. The van der Waals surface area contributed by atoms with E-state index in [1.54, 1.807) is 42.2 Å². The number of rotatable bonds is 8. The van der Waals surface area contributed by atoms with Crippen LogP contribution in [0.25, 0.3) is 17.0 Å². The van der Waals surface area contributed by atoms with Crippen LogP contribution in [0, 0.1) is 11.3 Å². The van der Waals surface area contributed by atoms with Gasteiger partial charge in [0, 0.05) is 42.3 Å². The van der Waals surface area contributed by atoms with E-state index in [0.717, 1.165) is 27.7 Å². The van der Waals surface area contributed by atoms with Crippen molar-refractivity contribution in [2.45, 2.75) is 18.2 Å². The molecule has 0 fully saturated rings. The summed E-state index contributed by atoms with van der Waals surface area (Å²) >= 11 is 0. The van der Waals surface area contributed by atoms with Gasteiger partial charge in [-0.25, -0.2) is 8.42 Å². The van der Waals surface area contributed by atoms with Gasteiger partial charge in [-0.05, 0) is 60.5 Å². The van der Waals surface area contributed by atoms with Crippen LogP contribution in [0.1, 0.15) is 29.3 Å². The number of carbonyl (C=O) groups excluding carboxylic acids is 1. The molecule has 1 aliphatic heterocycles. The van der Waals surface area contributed by atoms with Crippen LogP contribution in [0.2, 0.25) is 0 Å². The van der Waals surface area contributed by atoms with E-state index in [-0.39, 0.29) is 18.0 Å². The van der Waals surface area contributed by atoms with Gasteiger partial charge in [0.1, 0.15) is 11.4 Å². The fraction of sp³-hybridized carbons (Fsp3) is 0.200. The second-order valence-corrected chi connectivity index (χ2v) is 11.0. The number of aryl methyl sites for hydroxylation is 1. The maximum Gasteiger partial charge on any atom is 0.325 e. The number of nitrogens with one attached hydrogen (secondary N) is 1. The molecule has 9 heteroatoms. The van der Waals surface area contributed by atoms with Crippen molar-refractivity contribution in [3.05, 3.63) is 95.2 Å². The van der Waals surface area contributed by atoms with Gasteiger partial charge in [-0.15, -0.1) is 0 Å². The van der Waals surface area contributed by atoms with Crippen LogP contribution in [0.4, 0.5) is 11.4 Å². The lowest BCUT2D eigenvalue weighted by Gasteiger charge is -2.29. The van der Waals surface area contributed by atoms with E-state index in [9.17, 15) is 13.2 Å². The number of nitrogens with zero attached hydrogens (tertiary/aromatic N) is 3. The van der Waals surface area contributed by atoms with Gasteiger partial charge in [0.25, 0.3) is 10.0 Å². The SMILES string of the molecule is CCOC(=O)CN1CC=Cc2cccc(S(=O)(=O)Nc3ccc4c(c3)cc(Cc3ccc(C#N)cc3)n4C)c21. The first-order chi connectivity index (χ1) is 18.8. The lowest BCUT2D eigenvalue weighted by molar-refractivity contribution is -0.141. The number of benzene rings is 3. The number of sulfonamides is 1. The molecule has 5 rings (SSSR count). The Morgan fingerprint density at radius 1 is 1.10 bits per heavy atom. The van der Waals surface area contributed by atoms with Crippen LogP contribution in [-0.4, -0.2) is 38.7 Å². The summed E-state index contributed by atoms with van der Waals surface area (Å²) in [7, 11) is -1.99. The van der Waals surface area contributed by atoms with Crippen LogP contribution in [0.3, 0.4) is 0 Å². The Bertz CT molecular complexity index is 1730. The van der Waals surface area contributed by atoms with E-state index >= 15 is 0 Å². The summed E-state index contributed by atoms with van der Waals surface area (Å²) in [6, 6.07) is 22.2. The van der Waals surface area contributed by atoms with E-state index in [1.807, 2.05) is 55.6 Å². The van der Waals surface area contributed by atoms with Gasteiger partial charge in [0.2, 0.25) is 0 Å². The number of hydrogen-bond donors (Lipinski definition) is 1. The summed E-state index contributed by atoms with van der Waals surface area (Å²) in [4.78, 5) is 14.0. The minimum Gasteiger partial charge on any atom is -0.465 e. The number of ether oxygens (including phenoxy) is 1. The number of esters is 1. The predicted octanol–water partition coefficient (Wildman–Crippen LogP) is 4.84. The average molecular weight is 541 g/mol. The normalized spacial score (nSPS) is 12.7. The zero-order valence-electron chi connectivity index (χ0n) is 21.7. The summed E-state index contributed by atoms with van der Waals surface area (Å²) in [6.07, 6.45) is 4.43. The Kier molecular flexibility index (Phi) is 7.13. The van der Waals surface area contributed by atoms with E-state index in [1.165, 1.54) is 0 Å². The van der Waals surface area contributed by atoms with E-state index in [4.69, 9.17) is 10.00 Å². The molecule has 0 unspecified atom stereocenters. The van der Waals surface area contributed by atoms with Crippen molar-refractivity contribution in [1.29, 1.82) is 5.26 Å². The van der Waals surface area contributed by atoms with Crippen molar-refractivity contribution in [3.8, 4) is 6.07 Å². The fourth-order valence-corrected chi connectivity index (χ4v) is 6.20. The molecule has 1 aliphatic rings. The molecule has 1 N–H and O–H groups in total. The monoisotopic (exact) mass is 540 g/mol. The van der Waals surface area contributed by atoms with Crippen LogP contribution >= 0.6 is 0 Å². The smallest absolute Gasteiger partial charge is 0.325 e. The lowest BCUT2D eigenvalue weighted by atomic mass is 10.1. The third kappa shape index (κ3) is 5.38. The zero-order chi connectivity index (χ0) is 27.6. The highest BCUT2D eigenvalue weighted by molar-refractivity contribution is 7.92. The first kappa shape index (κ1) is 26.1. The highest BCUT2D eigenvalue weighted by Gasteiger charge is 2.27. The molecule has 0 aliphatic carbocycles. The highest BCUT2D eigenvalue weighted by atomic mass is 32.2. The Labute approximate surface area is 227 Å². The Morgan fingerprint density at radius 2 is 1.90 bits per heavy atom. The van der Waals surface area contributed by atoms with E-state index in [2.05, 4.69) is 15.4 Å². The molecule has 0 bridgehead atoms. The fourth-order valence-electron chi connectivity index (χ4n) is 4.89. The summed E-state index contributed by atoms with van der Waals surface area (Å²) in [5.41, 5.74) is 5.38. The second kappa shape index (κ2) is 10.7. The second-order valence-electron chi connectivity index (χ2n) is 9.34. The van der Waals surface area contributed by atoms with Gasteiger partial charge in [0.15, 0.2) is 0 Å². The molecule has 0 spiro atoms. The molecule has 0 radical (unpaired) electrons. The van der Waals surface area contributed by atoms with Gasteiger partial charge in [-0.2, -0.15) is 5.26 Å². The highest BCUT2D eigenvalue weighted by Crippen LogP contribution is 2.34. The molecule has 0 saturated carbocycles. The first-order valence-corrected chi connectivity index (χ1v) is 14.1. The molecule has 198 valence electrons. The summed E-state index contributed by atoms with van der Waals surface area (Å²) in [5, 5.41) is 9.94. The summed E-state index contributed by atoms with van der Waals surface area (Å²) < 4.78 is 37.2. The first-order valence-electron chi connectivity index (χ1n) is 12.6. The lowest BCUT2D eigenvalue weighted by Crippen LogP contribution is -2.34. The zero-order valence-corrected chi connectivity index (χ0v) is 22.5. The van der Waals surface area contributed by atoms with Crippen molar-refractivity contribution in [2.24, 2.45) is 7.05 Å². The van der Waals surface area contributed by atoms with Gasteiger partial charge in [0.05, 0.1) is 23.9 Å². The van der Waals surface area contributed by atoms with Crippen LogP contribution in [0.15, 0.2) is 77.7 Å². The molecule has 8 nitrogen and oxygen atoms in total. The van der Waals surface area contributed by atoms with Crippen molar-refractivity contribution in [3.63, 3.8) is 0 Å². The molecule has 39 heavy (non-hydrogen) atoms. The molecule has 0 atom stereocenters. The van der Waals surface area contributed by atoms with Gasteiger partial charge in [-0.3, -0.25) is 9.52 Å². The van der Waals surface area contributed by atoms with Crippen molar-refractivity contribution >= 4 is 44.3 Å². The average Bonchev–Trinajstić information content (AvgIpc) is 3.22. The van der Waals surface area contributed by atoms with E-state index < -0.39 is 16.0 Å². The van der Waals surface area contributed by atoms with E-state index in [0.29, 0.717) is 29.9 Å². The Balaban J connectivity index is 1.43. The molecular formula is C30H28N4O4S. The Hall–Kier alpha value is -4.55. The molecule has 3 aromatic carbocycles. The Morgan fingerprint density at radius 3 is 2.64 bits per heavy atom. The molecule has 4 aromatic rings. The van der Waals surface area contributed by atoms with Gasteiger partial charge >= 0.3 is 5.97 Å². The molecule has 0 saturated heterocycles. The van der Waals surface area contributed by atoms with Crippen molar-refractivity contribution in [1.82, 2.24) is 4.57 Å². The third-order valence-corrected chi connectivity index (χ3v) is 8.16. The minimum absolute atomic E-state index is 0.0459. The number of anilines is 2. The molecule has 2 heterocycles. The third-order valence-electron chi connectivity index (χ3n) is 6.75. The molecular weight excluding hydrogens is 512 g/mol. The van der Waals surface area contributed by atoms with Gasteiger partial charge in [-0.1, -0.05) is 36.4 Å². The number of aromatic nitrogens is 1. The van der Waals surface area contributed by atoms with Crippen molar-refractivity contribution in [2.75, 3.05) is 29.3 Å². The van der Waals surface area contributed by atoms with Crippen LogP contribution in [0.5, 0.6) is 0 Å². The summed E-state index contributed by atoms with van der Waals surface area (Å²) in [5.74, 6) is -0.412. The number of nitriles is 1. The predicted molar refractivity (Wildman–Crippen MR) is 152 cm³/mol.